The number of ether oxygens (including phenoxy) is 1. The van der Waals surface area contributed by atoms with Gasteiger partial charge in [0.15, 0.2) is 0 Å². The van der Waals surface area contributed by atoms with E-state index in [2.05, 4.69) is 43.6 Å². The normalized spacial score (nSPS) is 18.2. The lowest BCUT2D eigenvalue weighted by atomic mass is 10.1. The lowest BCUT2D eigenvalue weighted by Gasteiger charge is -2.07. The van der Waals surface area contributed by atoms with Crippen molar-refractivity contribution in [3.63, 3.8) is 0 Å². The van der Waals surface area contributed by atoms with Crippen molar-refractivity contribution >= 4 is 18.0 Å². The fourth-order valence-corrected chi connectivity index (χ4v) is 1.83. The topological polar surface area (TPSA) is 21.6 Å². The maximum Gasteiger partial charge on any atom is 0.212 e. The molecule has 1 aromatic rings. The molecule has 94 valence electrons. The summed E-state index contributed by atoms with van der Waals surface area (Å²) in [4.78, 5) is 4.56. The van der Waals surface area contributed by atoms with Crippen molar-refractivity contribution in [1.29, 1.82) is 0 Å². The van der Waals surface area contributed by atoms with Crippen LogP contribution in [0.4, 0.5) is 0 Å². The second-order valence-electron chi connectivity index (χ2n) is 5.22. The molecule has 0 atom stereocenters. The molecule has 1 aliphatic rings. The van der Waals surface area contributed by atoms with Gasteiger partial charge < -0.3 is 4.74 Å². The van der Waals surface area contributed by atoms with Crippen molar-refractivity contribution in [2.75, 3.05) is 6.61 Å². The summed E-state index contributed by atoms with van der Waals surface area (Å²) in [5, 5.41) is 0. The van der Waals surface area contributed by atoms with Crippen molar-refractivity contribution in [2.24, 2.45) is 4.99 Å². The first-order valence-corrected chi connectivity index (χ1v) is 6.14. The van der Waals surface area contributed by atoms with Gasteiger partial charge >= 0.3 is 0 Å². The molecule has 18 heavy (non-hydrogen) atoms. The van der Waals surface area contributed by atoms with Crippen molar-refractivity contribution in [3.05, 3.63) is 47.5 Å². The highest BCUT2D eigenvalue weighted by Crippen LogP contribution is 2.21. The molecule has 0 radical (unpaired) electrons. The van der Waals surface area contributed by atoms with E-state index < -0.39 is 0 Å². The molecule has 0 aliphatic carbocycles. The minimum absolute atomic E-state index is 0.100. The highest BCUT2D eigenvalue weighted by atomic mass is 16.5. The predicted molar refractivity (Wildman–Crippen MR) is 77.7 cm³/mol. The minimum atomic E-state index is -0.100. The number of hydrogen-bond acceptors (Lipinski definition) is 2. The molecule has 0 N–H and O–H groups in total. The van der Waals surface area contributed by atoms with Gasteiger partial charge in [0.05, 0.1) is 5.54 Å². The van der Waals surface area contributed by atoms with Gasteiger partial charge in [0, 0.05) is 5.57 Å². The van der Waals surface area contributed by atoms with Crippen LogP contribution in [0.15, 0.2) is 41.4 Å². The maximum absolute atomic E-state index is 5.61. The van der Waals surface area contributed by atoms with Crippen LogP contribution in [0.2, 0.25) is 0 Å². The Kier molecular flexibility index (Phi) is 3.37. The first-order chi connectivity index (χ1) is 8.50. The van der Waals surface area contributed by atoms with E-state index in [4.69, 9.17) is 4.74 Å². The summed E-state index contributed by atoms with van der Waals surface area (Å²) in [6, 6.07) is 8.24. The van der Waals surface area contributed by atoms with Crippen molar-refractivity contribution in [1.82, 2.24) is 0 Å². The largest absolute Gasteiger partial charge is 0.475 e. The summed E-state index contributed by atoms with van der Waals surface area (Å²) >= 11 is 0. The van der Waals surface area contributed by atoms with Gasteiger partial charge in [-0.05, 0) is 38.0 Å². The van der Waals surface area contributed by atoms with Crippen LogP contribution < -0.4 is 0 Å². The van der Waals surface area contributed by atoms with E-state index in [1.54, 1.807) is 0 Å². The molecule has 2 nitrogen and oxygen atoms in total. The van der Waals surface area contributed by atoms with E-state index in [9.17, 15) is 0 Å². The van der Waals surface area contributed by atoms with Gasteiger partial charge in [-0.2, -0.15) is 0 Å². The van der Waals surface area contributed by atoms with Gasteiger partial charge in [0.2, 0.25) is 5.90 Å². The van der Waals surface area contributed by atoms with Crippen molar-refractivity contribution in [3.8, 4) is 0 Å². The minimum Gasteiger partial charge on any atom is -0.475 e. The molecule has 0 saturated heterocycles. The molecule has 0 spiro atoms. The molecule has 0 saturated carbocycles. The molecule has 1 aromatic carbocycles. The number of nitrogens with zero attached hydrogens (tertiary/aromatic N) is 1. The smallest absolute Gasteiger partial charge is 0.212 e. The summed E-state index contributed by atoms with van der Waals surface area (Å²) in [5.41, 5.74) is 3.23. The molecule has 0 aromatic heterocycles. The van der Waals surface area contributed by atoms with Gasteiger partial charge in [-0.15, -0.1) is 0 Å². The van der Waals surface area contributed by atoms with Crippen molar-refractivity contribution in [2.45, 2.75) is 26.3 Å². The number of aliphatic imine (C=N–C) groups is 1. The summed E-state index contributed by atoms with van der Waals surface area (Å²) in [5.74, 6) is 0.757. The van der Waals surface area contributed by atoms with Crippen LogP contribution in [0.25, 0.3) is 12.2 Å². The van der Waals surface area contributed by atoms with Crippen LogP contribution in [-0.2, 0) is 4.74 Å². The monoisotopic (exact) mass is 241 g/mol. The van der Waals surface area contributed by atoms with E-state index in [0.29, 0.717) is 6.61 Å². The number of rotatable bonds is 3. The Balaban J connectivity index is 2.20. The third-order valence-electron chi connectivity index (χ3n) is 2.86. The third kappa shape index (κ3) is 2.89. The van der Waals surface area contributed by atoms with Crippen LogP contribution >= 0.6 is 0 Å². The summed E-state index contributed by atoms with van der Waals surface area (Å²) < 4.78 is 5.61. The van der Waals surface area contributed by atoms with E-state index in [1.165, 1.54) is 0 Å². The molecular weight excluding hydrogens is 222 g/mol. The Hall–Kier alpha value is -1.83. The van der Waals surface area contributed by atoms with Crippen LogP contribution in [0.1, 0.15) is 31.9 Å². The molecule has 1 heterocycles. The molecule has 1 aliphatic heterocycles. The Morgan fingerprint density at radius 1 is 1.28 bits per heavy atom. The van der Waals surface area contributed by atoms with E-state index in [-0.39, 0.29) is 5.54 Å². The molecule has 2 heteroatoms. The predicted octanol–water partition coefficient (Wildman–Crippen LogP) is 3.94. The van der Waals surface area contributed by atoms with Crippen LogP contribution in [-0.4, -0.2) is 18.0 Å². The standard InChI is InChI=1S/C16H19NO/c1-5-13-6-8-14(9-7-13)10-12(2)15-17-16(3,4)11-18-15/h5-10H,1,11H2,2-4H3. The zero-order valence-corrected chi connectivity index (χ0v) is 11.2. The lowest BCUT2D eigenvalue weighted by Crippen LogP contribution is -2.17. The first kappa shape index (κ1) is 12.6. The fourth-order valence-electron chi connectivity index (χ4n) is 1.83. The fraction of sp³-hybridized carbons (Fsp3) is 0.312. The highest BCUT2D eigenvalue weighted by Gasteiger charge is 2.26. The summed E-state index contributed by atoms with van der Waals surface area (Å²) in [7, 11) is 0. The number of hydrogen-bond donors (Lipinski definition) is 0. The average molecular weight is 241 g/mol. The summed E-state index contributed by atoms with van der Waals surface area (Å²) in [6.07, 6.45) is 3.93. The van der Waals surface area contributed by atoms with Gasteiger partial charge in [-0.3, -0.25) is 0 Å². The Morgan fingerprint density at radius 2 is 1.89 bits per heavy atom. The SMILES string of the molecule is C=Cc1ccc(C=C(C)C2=NC(C)(C)CO2)cc1. The maximum atomic E-state index is 5.61. The molecule has 0 bridgehead atoms. The first-order valence-electron chi connectivity index (χ1n) is 6.14. The quantitative estimate of drug-likeness (QED) is 0.785. The average Bonchev–Trinajstić information content (AvgIpc) is 2.71. The number of benzene rings is 1. The highest BCUT2D eigenvalue weighted by molar-refractivity contribution is 5.98. The Morgan fingerprint density at radius 3 is 2.39 bits per heavy atom. The van der Waals surface area contributed by atoms with Gasteiger partial charge in [0.1, 0.15) is 6.61 Å². The zero-order valence-electron chi connectivity index (χ0n) is 11.2. The molecular formula is C16H19NO. The van der Waals surface area contributed by atoms with E-state index >= 15 is 0 Å². The zero-order chi connectivity index (χ0) is 13.2. The van der Waals surface area contributed by atoms with Gasteiger partial charge in [-0.25, -0.2) is 4.99 Å². The second kappa shape index (κ2) is 4.81. The Labute approximate surface area is 109 Å². The van der Waals surface area contributed by atoms with Crippen LogP contribution in [0.5, 0.6) is 0 Å². The van der Waals surface area contributed by atoms with Gasteiger partial charge in [0.25, 0.3) is 0 Å². The third-order valence-corrected chi connectivity index (χ3v) is 2.86. The van der Waals surface area contributed by atoms with Crippen LogP contribution in [0, 0.1) is 0 Å². The molecule has 0 unspecified atom stereocenters. The Bertz CT molecular complexity index is 506. The van der Waals surface area contributed by atoms with Gasteiger partial charge in [-0.1, -0.05) is 36.9 Å². The van der Waals surface area contributed by atoms with Crippen molar-refractivity contribution < 1.29 is 4.74 Å². The van der Waals surface area contributed by atoms with E-state index in [1.807, 2.05) is 25.1 Å². The summed E-state index contributed by atoms with van der Waals surface area (Å²) in [6.45, 7) is 10.6. The molecule has 0 fully saturated rings. The van der Waals surface area contributed by atoms with E-state index in [0.717, 1.165) is 22.6 Å². The molecule has 0 amide bonds. The second-order valence-corrected chi connectivity index (χ2v) is 5.22. The van der Waals surface area contributed by atoms with Crippen LogP contribution in [0.3, 0.4) is 0 Å². The molecule has 2 rings (SSSR count). The lowest BCUT2D eigenvalue weighted by molar-refractivity contribution is 0.279.